The third-order valence-electron chi connectivity index (χ3n) is 5.45. The number of hydrogen-bond donors (Lipinski definition) is 0. The highest BCUT2D eigenvalue weighted by molar-refractivity contribution is 6.44. The van der Waals surface area contributed by atoms with E-state index in [9.17, 15) is 14.9 Å². The predicted molar refractivity (Wildman–Crippen MR) is 124 cm³/mol. The Morgan fingerprint density at radius 2 is 1.82 bits per heavy atom. The smallest absolute Gasteiger partial charge is 0.330 e. The molecule has 0 saturated heterocycles. The summed E-state index contributed by atoms with van der Waals surface area (Å²) < 4.78 is 16.2. The van der Waals surface area contributed by atoms with E-state index in [0.717, 1.165) is 0 Å². The molecule has 1 aliphatic rings. The molecule has 0 radical (unpaired) electrons. The maximum Gasteiger partial charge on any atom is 0.330 e. The van der Waals surface area contributed by atoms with Gasteiger partial charge in [0, 0.05) is 11.6 Å². The summed E-state index contributed by atoms with van der Waals surface area (Å²) in [6.45, 7) is 3.66. The second-order valence-electron chi connectivity index (χ2n) is 8.14. The van der Waals surface area contributed by atoms with Gasteiger partial charge in [-0.25, -0.2) is 4.79 Å². The zero-order valence-electron chi connectivity index (χ0n) is 18.1. The van der Waals surface area contributed by atoms with E-state index in [-0.39, 0.29) is 12.5 Å². The number of nitriles is 1. The van der Waals surface area contributed by atoms with Gasteiger partial charge in [-0.2, -0.15) is 5.26 Å². The molecule has 8 heteroatoms. The van der Waals surface area contributed by atoms with E-state index in [1.54, 1.807) is 30.3 Å². The first kappa shape index (κ1) is 24.6. The van der Waals surface area contributed by atoms with Crippen molar-refractivity contribution in [2.24, 2.45) is 17.3 Å². The standard InChI is InChI=1S/C25H23Cl2NO5/c1-25(2)19(11-12-22(29)31-15-21(26)27)23(25)24(30)33-20(14-28)16-7-6-10-18(13-16)32-17-8-4-3-5-9-17/h3-13,19-21,23H,15H2,1-2H3/b12-11-/t19-,20+,23-/m0/s1. The monoisotopic (exact) mass is 487 g/mol. The van der Waals surface area contributed by atoms with Gasteiger partial charge in [0.15, 0.2) is 0 Å². The number of rotatable bonds is 9. The third kappa shape index (κ3) is 6.50. The SMILES string of the molecule is CC1(C)[C@H](C(=O)O[C@H](C#N)c2cccc(Oc3ccccc3)c2)[C@@H]1/C=C\C(=O)OCC(Cl)Cl. The third-order valence-corrected chi connectivity index (χ3v) is 5.70. The minimum absolute atomic E-state index is 0.122. The molecule has 2 aromatic carbocycles. The number of ether oxygens (including phenoxy) is 3. The predicted octanol–water partition coefficient (Wildman–Crippen LogP) is 5.76. The second-order valence-corrected chi connectivity index (χ2v) is 9.42. The van der Waals surface area contributed by atoms with Gasteiger partial charge >= 0.3 is 11.9 Å². The van der Waals surface area contributed by atoms with Gasteiger partial charge in [0.05, 0.1) is 5.92 Å². The molecule has 0 amide bonds. The first-order valence-corrected chi connectivity index (χ1v) is 11.2. The van der Waals surface area contributed by atoms with Crippen LogP contribution < -0.4 is 4.74 Å². The lowest BCUT2D eigenvalue weighted by Gasteiger charge is -2.13. The van der Waals surface area contributed by atoms with Crippen molar-refractivity contribution in [3.8, 4) is 17.6 Å². The van der Waals surface area contributed by atoms with Crippen LogP contribution in [-0.4, -0.2) is 23.4 Å². The van der Waals surface area contributed by atoms with Gasteiger partial charge < -0.3 is 14.2 Å². The number of carbonyl (C=O) groups is 2. The lowest BCUT2D eigenvalue weighted by atomic mass is 10.1. The summed E-state index contributed by atoms with van der Waals surface area (Å²) in [7, 11) is 0. The van der Waals surface area contributed by atoms with Crippen molar-refractivity contribution in [2.75, 3.05) is 6.61 Å². The molecule has 6 nitrogen and oxygen atoms in total. The summed E-state index contributed by atoms with van der Waals surface area (Å²) in [5, 5.41) is 9.62. The van der Waals surface area contributed by atoms with Crippen molar-refractivity contribution in [1.29, 1.82) is 5.26 Å². The minimum atomic E-state index is -1.09. The average Bonchev–Trinajstić information content (AvgIpc) is 3.35. The Bertz CT molecular complexity index is 1060. The molecule has 0 spiro atoms. The lowest BCUT2D eigenvalue weighted by molar-refractivity contribution is -0.149. The normalized spacial score (nSPS) is 19.5. The molecule has 1 fully saturated rings. The zero-order valence-corrected chi connectivity index (χ0v) is 19.6. The van der Waals surface area contributed by atoms with Gasteiger partial charge in [-0.1, -0.05) is 50.3 Å². The molecule has 1 aliphatic carbocycles. The van der Waals surface area contributed by atoms with Crippen LogP contribution in [0.25, 0.3) is 0 Å². The van der Waals surface area contributed by atoms with Gasteiger partial charge in [-0.05, 0) is 35.6 Å². The first-order chi connectivity index (χ1) is 15.7. The highest BCUT2D eigenvalue weighted by Gasteiger charge is 2.61. The number of allylic oxidation sites excluding steroid dienone is 1. The van der Waals surface area contributed by atoms with E-state index in [0.29, 0.717) is 17.1 Å². The number of halogens is 2. The Morgan fingerprint density at radius 1 is 1.12 bits per heavy atom. The number of nitrogens with zero attached hydrogens (tertiary/aromatic N) is 1. The van der Waals surface area contributed by atoms with Crippen LogP contribution in [-0.2, 0) is 19.1 Å². The van der Waals surface area contributed by atoms with Gasteiger partial charge in [0.1, 0.15) is 29.0 Å². The van der Waals surface area contributed by atoms with Gasteiger partial charge in [-0.3, -0.25) is 4.79 Å². The second kappa shape index (κ2) is 10.7. The molecule has 2 aromatic rings. The summed E-state index contributed by atoms with van der Waals surface area (Å²) in [4.78, 5) is 23.8. The van der Waals surface area contributed by atoms with Crippen molar-refractivity contribution in [1.82, 2.24) is 0 Å². The molecule has 0 heterocycles. The highest BCUT2D eigenvalue weighted by atomic mass is 35.5. The molecule has 0 aliphatic heterocycles. The van der Waals surface area contributed by atoms with Gasteiger partial charge in [0.2, 0.25) is 6.10 Å². The molecule has 3 atom stereocenters. The molecule has 1 saturated carbocycles. The topological polar surface area (TPSA) is 85.6 Å². The van der Waals surface area contributed by atoms with Crippen LogP contribution in [0.5, 0.6) is 11.5 Å². The maximum atomic E-state index is 12.8. The first-order valence-electron chi connectivity index (χ1n) is 10.3. The van der Waals surface area contributed by atoms with Gasteiger partial charge in [-0.15, -0.1) is 23.2 Å². The highest BCUT2D eigenvalue weighted by Crippen LogP contribution is 2.59. The van der Waals surface area contributed by atoms with E-state index < -0.39 is 34.2 Å². The fraction of sp³-hybridized carbons (Fsp3) is 0.320. The molecule has 0 bridgehead atoms. The molecule has 0 N–H and O–H groups in total. The van der Waals surface area contributed by atoms with E-state index >= 15 is 0 Å². The largest absolute Gasteiger partial charge is 0.460 e. The lowest BCUT2D eigenvalue weighted by Crippen LogP contribution is -2.14. The Kier molecular flexibility index (Phi) is 8.01. The molecule has 0 aromatic heterocycles. The number of alkyl halides is 2. The van der Waals surface area contributed by atoms with Crippen molar-refractivity contribution >= 4 is 35.1 Å². The van der Waals surface area contributed by atoms with Crippen LogP contribution in [0.3, 0.4) is 0 Å². The number of benzene rings is 2. The Morgan fingerprint density at radius 3 is 2.48 bits per heavy atom. The average molecular weight is 488 g/mol. The van der Waals surface area contributed by atoms with E-state index in [1.807, 2.05) is 50.2 Å². The van der Waals surface area contributed by atoms with Gasteiger partial charge in [0.25, 0.3) is 0 Å². The number of para-hydroxylation sites is 1. The molecular weight excluding hydrogens is 465 g/mol. The number of carbonyl (C=O) groups excluding carboxylic acids is 2. The van der Waals surface area contributed by atoms with Crippen LogP contribution in [0.1, 0.15) is 25.5 Å². The summed E-state index contributed by atoms with van der Waals surface area (Å²) >= 11 is 11.1. The fourth-order valence-electron chi connectivity index (χ4n) is 3.59. The Balaban J connectivity index is 1.63. The van der Waals surface area contributed by atoms with Crippen molar-refractivity contribution < 1.29 is 23.8 Å². The van der Waals surface area contributed by atoms with Crippen molar-refractivity contribution in [2.45, 2.75) is 24.8 Å². The van der Waals surface area contributed by atoms with E-state index in [1.165, 1.54) is 6.08 Å². The van der Waals surface area contributed by atoms with Crippen LogP contribution in [0, 0.1) is 28.6 Å². The summed E-state index contributed by atoms with van der Waals surface area (Å²) in [5.74, 6) is -0.646. The molecule has 33 heavy (non-hydrogen) atoms. The quantitative estimate of drug-likeness (QED) is 0.253. The van der Waals surface area contributed by atoms with Crippen LogP contribution in [0.4, 0.5) is 0 Å². The number of esters is 2. The molecular formula is C25H23Cl2NO5. The summed E-state index contributed by atoms with van der Waals surface area (Å²) in [6.07, 6.45) is 1.77. The fourth-order valence-corrected chi connectivity index (χ4v) is 3.71. The molecule has 0 unspecified atom stereocenters. The summed E-state index contributed by atoms with van der Waals surface area (Å²) in [5.41, 5.74) is 0.0818. The number of hydrogen-bond acceptors (Lipinski definition) is 6. The molecule has 172 valence electrons. The van der Waals surface area contributed by atoms with E-state index in [4.69, 9.17) is 37.4 Å². The van der Waals surface area contributed by atoms with Crippen molar-refractivity contribution in [3.05, 3.63) is 72.3 Å². The Hall–Kier alpha value is -3.01. The van der Waals surface area contributed by atoms with Crippen LogP contribution >= 0.6 is 23.2 Å². The van der Waals surface area contributed by atoms with Crippen molar-refractivity contribution in [3.63, 3.8) is 0 Å². The minimum Gasteiger partial charge on any atom is -0.460 e. The molecule has 3 rings (SSSR count). The zero-order chi connectivity index (χ0) is 24.0. The summed E-state index contributed by atoms with van der Waals surface area (Å²) in [6, 6.07) is 18.1. The van der Waals surface area contributed by atoms with Crippen LogP contribution in [0.2, 0.25) is 0 Å². The van der Waals surface area contributed by atoms with E-state index in [2.05, 4.69) is 0 Å². The van der Waals surface area contributed by atoms with Crippen LogP contribution in [0.15, 0.2) is 66.7 Å². The Labute approximate surface area is 202 Å². The maximum absolute atomic E-state index is 12.8.